The third kappa shape index (κ3) is 4.91. The molecular formula is C12H16FNO3. The van der Waals surface area contributed by atoms with Crippen molar-refractivity contribution < 1.29 is 18.7 Å². The SMILES string of the molecule is CCCCOCCOC(=O)c1ccncc1F. The molecule has 1 aromatic heterocycles. The van der Waals surface area contributed by atoms with Gasteiger partial charge in [-0.3, -0.25) is 4.98 Å². The molecule has 0 radical (unpaired) electrons. The minimum atomic E-state index is -0.691. The summed E-state index contributed by atoms with van der Waals surface area (Å²) in [6, 6.07) is 1.29. The maximum atomic E-state index is 13.1. The fourth-order valence-electron chi connectivity index (χ4n) is 1.16. The zero-order valence-corrected chi connectivity index (χ0v) is 9.82. The Balaban J connectivity index is 2.24. The van der Waals surface area contributed by atoms with Gasteiger partial charge in [0.15, 0.2) is 5.82 Å². The molecule has 0 saturated carbocycles. The number of rotatable bonds is 7. The molecule has 0 N–H and O–H groups in total. The van der Waals surface area contributed by atoms with Gasteiger partial charge in [-0.1, -0.05) is 13.3 Å². The van der Waals surface area contributed by atoms with Crippen LogP contribution in [0.15, 0.2) is 18.5 Å². The van der Waals surface area contributed by atoms with E-state index in [1.807, 2.05) is 0 Å². The topological polar surface area (TPSA) is 48.4 Å². The molecule has 1 aromatic rings. The second-order valence-electron chi connectivity index (χ2n) is 3.46. The van der Waals surface area contributed by atoms with Crippen molar-refractivity contribution in [3.05, 3.63) is 29.8 Å². The Hall–Kier alpha value is -1.49. The summed E-state index contributed by atoms with van der Waals surface area (Å²) in [6.07, 6.45) is 4.36. The van der Waals surface area contributed by atoms with Crippen LogP contribution in [-0.4, -0.2) is 30.8 Å². The van der Waals surface area contributed by atoms with Crippen LogP contribution < -0.4 is 0 Å². The molecule has 0 bridgehead atoms. The average Bonchev–Trinajstić information content (AvgIpc) is 2.34. The maximum absolute atomic E-state index is 13.1. The van der Waals surface area contributed by atoms with Crippen LogP contribution in [0.5, 0.6) is 0 Å². The molecule has 5 heteroatoms. The second-order valence-corrected chi connectivity index (χ2v) is 3.46. The van der Waals surface area contributed by atoms with Crippen molar-refractivity contribution in [1.29, 1.82) is 0 Å². The minimum Gasteiger partial charge on any atom is -0.460 e. The number of hydrogen-bond donors (Lipinski definition) is 0. The molecule has 0 aliphatic heterocycles. The molecule has 0 fully saturated rings. The first-order valence-electron chi connectivity index (χ1n) is 5.60. The van der Waals surface area contributed by atoms with E-state index in [1.165, 1.54) is 12.3 Å². The highest BCUT2D eigenvalue weighted by Gasteiger charge is 2.12. The van der Waals surface area contributed by atoms with Gasteiger partial charge in [0.25, 0.3) is 0 Å². The number of nitrogens with zero attached hydrogens (tertiary/aromatic N) is 1. The molecule has 0 aliphatic rings. The lowest BCUT2D eigenvalue weighted by atomic mass is 10.2. The van der Waals surface area contributed by atoms with Gasteiger partial charge in [-0.2, -0.15) is 0 Å². The molecule has 0 aliphatic carbocycles. The highest BCUT2D eigenvalue weighted by Crippen LogP contribution is 2.05. The highest BCUT2D eigenvalue weighted by molar-refractivity contribution is 5.89. The summed E-state index contributed by atoms with van der Waals surface area (Å²) in [5.41, 5.74) is -0.103. The number of esters is 1. The van der Waals surface area contributed by atoms with Crippen molar-refractivity contribution in [2.75, 3.05) is 19.8 Å². The van der Waals surface area contributed by atoms with Gasteiger partial charge < -0.3 is 9.47 Å². The first kappa shape index (κ1) is 13.6. The van der Waals surface area contributed by atoms with E-state index in [1.54, 1.807) is 0 Å². The summed E-state index contributed by atoms with van der Waals surface area (Å²) in [5, 5.41) is 0. The van der Waals surface area contributed by atoms with Crippen LogP contribution in [0.3, 0.4) is 0 Å². The largest absolute Gasteiger partial charge is 0.460 e. The predicted molar refractivity (Wildman–Crippen MR) is 60.2 cm³/mol. The van der Waals surface area contributed by atoms with E-state index < -0.39 is 11.8 Å². The van der Waals surface area contributed by atoms with Crippen LogP contribution in [0.2, 0.25) is 0 Å². The zero-order valence-electron chi connectivity index (χ0n) is 9.82. The molecule has 0 aromatic carbocycles. The summed E-state index contributed by atoms with van der Waals surface area (Å²) in [6.45, 7) is 3.18. The lowest BCUT2D eigenvalue weighted by molar-refractivity contribution is 0.0309. The number of halogens is 1. The predicted octanol–water partition coefficient (Wildman–Crippen LogP) is 2.19. The Morgan fingerprint density at radius 1 is 1.41 bits per heavy atom. The van der Waals surface area contributed by atoms with Gasteiger partial charge in [0.1, 0.15) is 6.61 Å². The number of unbranched alkanes of at least 4 members (excludes halogenated alkanes) is 1. The van der Waals surface area contributed by atoms with Crippen molar-refractivity contribution in [2.24, 2.45) is 0 Å². The van der Waals surface area contributed by atoms with Gasteiger partial charge in [-0.25, -0.2) is 9.18 Å². The zero-order chi connectivity index (χ0) is 12.5. The van der Waals surface area contributed by atoms with Crippen LogP contribution in [0.25, 0.3) is 0 Å². The summed E-state index contributed by atoms with van der Waals surface area (Å²) < 4.78 is 23.2. The standard InChI is InChI=1S/C12H16FNO3/c1-2-3-6-16-7-8-17-12(15)10-4-5-14-9-11(10)13/h4-5,9H,2-3,6-8H2,1H3. The van der Waals surface area contributed by atoms with Crippen LogP contribution >= 0.6 is 0 Å². The lowest BCUT2D eigenvalue weighted by Crippen LogP contribution is -2.12. The smallest absolute Gasteiger partial charge is 0.341 e. The van der Waals surface area contributed by atoms with Crippen LogP contribution in [0.4, 0.5) is 4.39 Å². The fourth-order valence-corrected chi connectivity index (χ4v) is 1.16. The molecule has 4 nitrogen and oxygen atoms in total. The van der Waals surface area contributed by atoms with Crippen LogP contribution in [-0.2, 0) is 9.47 Å². The molecule has 0 atom stereocenters. The molecule has 0 unspecified atom stereocenters. The molecule has 0 spiro atoms. The lowest BCUT2D eigenvalue weighted by Gasteiger charge is -2.06. The van der Waals surface area contributed by atoms with E-state index >= 15 is 0 Å². The Morgan fingerprint density at radius 3 is 2.94 bits per heavy atom. The van der Waals surface area contributed by atoms with Crippen molar-refractivity contribution in [2.45, 2.75) is 19.8 Å². The summed E-state index contributed by atoms with van der Waals surface area (Å²) in [7, 11) is 0. The molecule has 0 saturated heterocycles. The third-order valence-corrected chi connectivity index (χ3v) is 2.10. The first-order chi connectivity index (χ1) is 8.25. The fraction of sp³-hybridized carbons (Fsp3) is 0.500. The normalized spacial score (nSPS) is 10.2. The number of pyridine rings is 1. The summed E-state index contributed by atoms with van der Waals surface area (Å²) in [4.78, 5) is 15.0. The molecular weight excluding hydrogens is 225 g/mol. The summed E-state index contributed by atoms with van der Waals surface area (Å²) in [5.74, 6) is -1.37. The second kappa shape index (κ2) is 7.73. The quantitative estimate of drug-likeness (QED) is 0.542. The van der Waals surface area contributed by atoms with Gasteiger partial charge in [-0.15, -0.1) is 0 Å². The van der Waals surface area contributed by atoms with Gasteiger partial charge in [-0.05, 0) is 12.5 Å². The molecule has 94 valence electrons. The molecule has 0 amide bonds. The Kier molecular flexibility index (Phi) is 6.17. The number of carbonyl (C=O) groups is 1. The monoisotopic (exact) mass is 241 g/mol. The van der Waals surface area contributed by atoms with Gasteiger partial charge >= 0.3 is 5.97 Å². The Labute approximate surface area is 99.8 Å². The third-order valence-electron chi connectivity index (χ3n) is 2.10. The van der Waals surface area contributed by atoms with E-state index in [0.29, 0.717) is 13.2 Å². The van der Waals surface area contributed by atoms with Crippen molar-refractivity contribution in [3.8, 4) is 0 Å². The number of aromatic nitrogens is 1. The first-order valence-corrected chi connectivity index (χ1v) is 5.60. The van der Waals surface area contributed by atoms with E-state index in [9.17, 15) is 9.18 Å². The highest BCUT2D eigenvalue weighted by atomic mass is 19.1. The van der Waals surface area contributed by atoms with Gasteiger partial charge in [0.2, 0.25) is 0 Å². The average molecular weight is 241 g/mol. The van der Waals surface area contributed by atoms with E-state index in [4.69, 9.17) is 9.47 Å². The molecule has 1 heterocycles. The number of carbonyl (C=O) groups excluding carboxylic acids is 1. The van der Waals surface area contributed by atoms with Gasteiger partial charge in [0, 0.05) is 12.8 Å². The van der Waals surface area contributed by atoms with Crippen molar-refractivity contribution >= 4 is 5.97 Å². The number of ether oxygens (including phenoxy) is 2. The van der Waals surface area contributed by atoms with Gasteiger partial charge in [0.05, 0.1) is 18.4 Å². The van der Waals surface area contributed by atoms with Crippen LogP contribution in [0, 0.1) is 5.82 Å². The van der Waals surface area contributed by atoms with E-state index in [-0.39, 0.29) is 12.2 Å². The van der Waals surface area contributed by atoms with Crippen molar-refractivity contribution in [3.63, 3.8) is 0 Å². The Bertz CT molecular complexity index is 357. The summed E-state index contributed by atoms with van der Waals surface area (Å²) >= 11 is 0. The molecule has 17 heavy (non-hydrogen) atoms. The minimum absolute atomic E-state index is 0.103. The maximum Gasteiger partial charge on any atom is 0.341 e. The molecule has 1 rings (SSSR count). The van der Waals surface area contributed by atoms with Crippen LogP contribution in [0.1, 0.15) is 30.1 Å². The van der Waals surface area contributed by atoms with E-state index in [0.717, 1.165) is 19.0 Å². The van der Waals surface area contributed by atoms with Crippen molar-refractivity contribution in [1.82, 2.24) is 4.98 Å². The number of hydrogen-bond acceptors (Lipinski definition) is 4. The Morgan fingerprint density at radius 2 is 2.24 bits per heavy atom. The van der Waals surface area contributed by atoms with E-state index in [2.05, 4.69) is 11.9 Å².